The van der Waals surface area contributed by atoms with Crippen LogP contribution in [0.3, 0.4) is 0 Å². The topological polar surface area (TPSA) is 49.3 Å². The normalized spacial score (nSPS) is 14.6. The molecule has 1 aromatic carbocycles. The summed E-state index contributed by atoms with van der Waals surface area (Å²) in [5.74, 6) is -0.839. The summed E-state index contributed by atoms with van der Waals surface area (Å²) in [6.45, 7) is 3.58. The van der Waals surface area contributed by atoms with E-state index in [0.29, 0.717) is 0 Å². The third-order valence-corrected chi connectivity index (χ3v) is 2.96. The van der Waals surface area contributed by atoms with Crippen LogP contribution in [-0.2, 0) is 4.79 Å². The van der Waals surface area contributed by atoms with Gasteiger partial charge >= 0.3 is 5.97 Å². The molecule has 0 bridgehead atoms. The highest BCUT2D eigenvalue weighted by Gasteiger charge is 2.15. The van der Waals surface area contributed by atoms with Gasteiger partial charge in [-0.15, -0.1) is 0 Å². The van der Waals surface area contributed by atoms with Crippen LogP contribution in [0.2, 0.25) is 0 Å². The second kappa shape index (κ2) is 5.28. The number of halogens is 1. The monoisotopic (exact) mass is 271 g/mol. The van der Waals surface area contributed by atoms with Crippen molar-refractivity contribution in [3.05, 3.63) is 34.3 Å². The summed E-state index contributed by atoms with van der Waals surface area (Å²) < 4.78 is 0.989. The van der Waals surface area contributed by atoms with Gasteiger partial charge in [0.15, 0.2) is 0 Å². The van der Waals surface area contributed by atoms with Crippen LogP contribution in [0, 0.1) is 0 Å². The Labute approximate surface area is 97.6 Å². The van der Waals surface area contributed by atoms with Crippen molar-refractivity contribution in [2.24, 2.45) is 0 Å². The van der Waals surface area contributed by atoms with E-state index in [1.54, 1.807) is 6.92 Å². The van der Waals surface area contributed by atoms with Crippen molar-refractivity contribution < 1.29 is 9.90 Å². The minimum Gasteiger partial charge on any atom is -0.480 e. The van der Waals surface area contributed by atoms with E-state index in [-0.39, 0.29) is 6.04 Å². The van der Waals surface area contributed by atoms with Crippen LogP contribution in [0.5, 0.6) is 0 Å². The van der Waals surface area contributed by atoms with E-state index in [2.05, 4.69) is 21.2 Å². The molecule has 4 heteroatoms. The first-order valence-corrected chi connectivity index (χ1v) is 5.55. The maximum absolute atomic E-state index is 10.7. The van der Waals surface area contributed by atoms with E-state index in [4.69, 9.17) is 5.11 Å². The molecule has 1 aromatic rings. The summed E-state index contributed by atoms with van der Waals surface area (Å²) in [6.07, 6.45) is 0. The van der Waals surface area contributed by atoms with Crippen LogP contribution in [0.4, 0.5) is 0 Å². The summed E-state index contributed by atoms with van der Waals surface area (Å²) in [5, 5.41) is 11.8. The van der Waals surface area contributed by atoms with E-state index in [0.717, 1.165) is 10.0 Å². The lowest BCUT2D eigenvalue weighted by atomic mass is 10.1. The van der Waals surface area contributed by atoms with E-state index in [1.807, 2.05) is 31.2 Å². The molecule has 0 amide bonds. The molecule has 1 rings (SSSR count). The SMILES string of the molecule is CC(NC(C)c1ccccc1Br)C(=O)O. The smallest absolute Gasteiger partial charge is 0.320 e. The molecule has 15 heavy (non-hydrogen) atoms. The predicted octanol–water partition coefficient (Wildman–Crippen LogP) is 2.57. The minimum absolute atomic E-state index is 0.00618. The number of benzene rings is 1. The Morgan fingerprint density at radius 1 is 1.40 bits per heavy atom. The van der Waals surface area contributed by atoms with Gasteiger partial charge in [-0.25, -0.2) is 0 Å². The summed E-state index contributed by atoms with van der Waals surface area (Å²) in [4.78, 5) is 10.7. The lowest BCUT2D eigenvalue weighted by molar-refractivity contribution is -0.139. The average molecular weight is 272 g/mol. The van der Waals surface area contributed by atoms with Gasteiger partial charge < -0.3 is 5.11 Å². The van der Waals surface area contributed by atoms with Gasteiger partial charge in [0.25, 0.3) is 0 Å². The summed E-state index contributed by atoms with van der Waals surface area (Å²) >= 11 is 3.44. The molecule has 82 valence electrons. The van der Waals surface area contributed by atoms with Crippen LogP contribution in [-0.4, -0.2) is 17.1 Å². The number of carboxylic acids is 1. The zero-order valence-corrected chi connectivity index (χ0v) is 10.3. The van der Waals surface area contributed by atoms with Crippen molar-refractivity contribution in [3.63, 3.8) is 0 Å². The Balaban J connectivity index is 2.73. The number of rotatable bonds is 4. The van der Waals surface area contributed by atoms with Gasteiger partial charge in [-0.1, -0.05) is 34.1 Å². The fourth-order valence-electron chi connectivity index (χ4n) is 1.36. The molecule has 0 aliphatic heterocycles. The number of carboxylic acid groups (broad SMARTS) is 1. The lowest BCUT2D eigenvalue weighted by Gasteiger charge is -2.18. The Morgan fingerprint density at radius 3 is 2.53 bits per heavy atom. The summed E-state index contributed by atoms with van der Waals surface area (Å²) in [5.41, 5.74) is 1.06. The number of hydrogen-bond acceptors (Lipinski definition) is 2. The molecule has 0 aliphatic rings. The standard InChI is InChI=1S/C11H14BrNO2/c1-7(13-8(2)11(14)15)9-5-3-4-6-10(9)12/h3-8,13H,1-2H3,(H,14,15). The van der Waals surface area contributed by atoms with Crippen LogP contribution in [0.15, 0.2) is 28.7 Å². The number of hydrogen-bond donors (Lipinski definition) is 2. The summed E-state index contributed by atoms with van der Waals surface area (Å²) in [7, 11) is 0. The molecule has 2 atom stereocenters. The van der Waals surface area contributed by atoms with Gasteiger partial charge in [0, 0.05) is 10.5 Å². The largest absolute Gasteiger partial charge is 0.480 e. The molecule has 2 unspecified atom stereocenters. The molecular weight excluding hydrogens is 258 g/mol. The molecule has 0 spiro atoms. The van der Waals surface area contributed by atoms with E-state index in [1.165, 1.54) is 0 Å². The molecule has 3 nitrogen and oxygen atoms in total. The van der Waals surface area contributed by atoms with Crippen molar-refractivity contribution in [2.75, 3.05) is 0 Å². The third kappa shape index (κ3) is 3.32. The molecule has 2 N–H and O–H groups in total. The fraction of sp³-hybridized carbons (Fsp3) is 0.364. The molecule has 0 saturated heterocycles. The van der Waals surface area contributed by atoms with Gasteiger partial charge in [0.2, 0.25) is 0 Å². The van der Waals surface area contributed by atoms with Crippen LogP contribution < -0.4 is 5.32 Å². The Morgan fingerprint density at radius 2 is 2.00 bits per heavy atom. The third-order valence-electron chi connectivity index (χ3n) is 2.24. The molecular formula is C11H14BrNO2. The van der Waals surface area contributed by atoms with Gasteiger partial charge in [-0.2, -0.15) is 0 Å². The zero-order chi connectivity index (χ0) is 11.4. The van der Waals surface area contributed by atoms with Gasteiger partial charge in [0.1, 0.15) is 6.04 Å². The van der Waals surface area contributed by atoms with Gasteiger partial charge in [0.05, 0.1) is 0 Å². The number of nitrogens with one attached hydrogen (secondary N) is 1. The van der Waals surface area contributed by atoms with Crippen molar-refractivity contribution in [3.8, 4) is 0 Å². The zero-order valence-electron chi connectivity index (χ0n) is 8.70. The maximum atomic E-state index is 10.7. The van der Waals surface area contributed by atoms with Crippen molar-refractivity contribution in [2.45, 2.75) is 25.9 Å². The first-order chi connectivity index (χ1) is 7.02. The average Bonchev–Trinajstić information content (AvgIpc) is 2.18. The minimum atomic E-state index is -0.839. The first-order valence-electron chi connectivity index (χ1n) is 4.75. The van der Waals surface area contributed by atoms with Crippen LogP contribution in [0.1, 0.15) is 25.5 Å². The summed E-state index contributed by atoms with van der Waals surface area (Å²) in [6, 6.07) is 7.23. The highest BCUT2D eigenvalue weighted by Crippen LogP contribution is 2.22. The number of carbonyl (C=O) groups is 1. The van der Waals surface area contributed by atoms with Crippen LogP contribution >= 0.6 is 15.9 Å². The molecule has 0 saturated carbocycles. The van der Waals surface area contributed by atoms with Crippen molar-refractivity contribution >= 4 is 21.9 Å². The lowest BCUT2D eigenvalue weighted by Crippen LogP contribution is -2.35. The van der Waals surface area contributed by atoms with Crippen LogP contribution in [0.25, 0.3) is 0 Å². The van der Waals surface area contributed by atoms with Crippen molar-refractivity contribution in [1.29, 1.82) is 0 Å². The Kier molecular flexibility index (Phi) is 4.29. The quantitative estimate of drug-likeness (QED) is 0.885. The molecule has 0 aliphatic carbocycles. The van der Waals surface area contributed by atoms with E-state index >= 15 is 0 Å². The van der Waals surface area contributed by atoms with Crippen molar-refractivity contribution in [1.82, 2.24) is 5.32 Å². The molecule has 0 fully saturated rings. The Bertz CT molecular complexity index is 354. The molecule has 0 heterocycles. The predicted molar refractivity (Wildman–Crippen MR) is 62.8 cm³/mol. The highest BCUT2D eigenvalue weighted by molar-refractivity contribution is 9.10. The second-order valence-electron chi connectivity index (χ2n) is 3.47. The molecule has 0 radical (unpaired) electrons. The first kappa shape index (κ1) is 12.2. The number of aliphatic carboxylic acids is 1. The maximum Gasteiger partial charge on any atom is 0.320 e. The van der Waals surface area contributed by atoms with E-state index < -0.39 is 12.0 Å². The molecule has 0 aromatic heterocycles. The fourth-order valence-corrected chi connectivity index (χ4v) is 1.99. The second-order valence-corrected chi connectivity index (χ2v) is 4.32. The Hall–Kier alpha value is -0.870. The van der Waals surface area contributed by atoms with Gasteiger partial charge in [-0.3, -0.25) is 10.1 Å². The van der Waals surface area contributed by atoms with E-state index in [9.17, 15) is 4.79 Å². The highest BCUT2D eigenvalue weighted by atomic mass is 79.9. The van der Waals surface area contributed by atoms with Gasteiger partial charge in [-0.05, 0) is 25.5 Å².